The number of likely N-dealkylation sites (tertiary alicyclic amines) is 1. The monoisotopic (exact) mass is 415 g/mol. The second-order valence-corrected chi connectivity index (χ2v) is 16.4. The molecule has 0 unspecified atom stereocenters. The predicted octanol–water partition coefficient (Wildman–Crippen LogP) is 5.59. The molecule has 0 amide bonds. The topological polar surface area (TPSA) is 32.7 Å². The van der Waals surface area contributed by atoms with Crippen LogP contribution in [0.25, 0.3) is 0 Å². The minimum absolute atomic E-state index is 0.116. The number of hydrogen-bond acceptors (Lipinski definition) is 3. The van der Waals surface area contributed by atoms with Gasteiger partial charge in [0.15, 0.2) is 0 Å². The predicted molar refractivity (Wildman–Crippen MR) is 123 cm³/mol. The highest BCUT2D eigenvalue weighted by molar-refractivity contribution is 6.74. The minimum atomic E-state index is -1.86. The number of nitrogens with zero attached hydrogens (tertiary/aromatic N) is 1. The summed E-state index contributed by atoms with van der Waals surface area (Å²) in [4.78, 5) is 2.72. The largest absolute Gasteiger partial charge is 0.543 e. The lowest BCUT2D eigenvalue weighted by Gasteiger charge is -2.52. The van der Waals surface area contributed by atoms with E-state index in [0.717, 1.165) is 30.9 Å². The number of aliphatic hydroxyl groups is 1. The van der Waals surface area contributed by atoms with E-state index in [1.807, 2.05) is 0 Å². The molecule has 0 aromatic heterocycles. The minimum Gasteiger partial charge on any atom is -0.543 e. The van der Waals surface area contributed by atoms with Crippen LogP contribution in [-0.4, -0.2) is 44.1 Å². The van der Waals surface area contributed by atoms with Gasteiger partial charge >= 0.3 is 0 Å². The Morgan fingerprint density at radius 2 is 1.93 bits per heavy atom. The fourth-order valence-corrected chi connectivity index (χ4v) is 6.36. The molecule has 4 heteroatoms. The number of aliphatic hydroxyl groups excluding tert-OH is 1. The summed E-state index contributed by atoms with van der Waals surface area (Å²) in [5.74, 6) is 2.64. The van der Waals surface area contributed by atoms with Gasteiger partial charge in [-0.2, -0.15) is 0 Å². The van der Waals surface area contributed by atoms with Crippen LogP contribution in [0.1, 0.15) is 64.9 Å². The van der Waals surface area contributed by atoms with E-state index in [0.29, 0.717) is 5.92 Å². The zero-order valence-electron chi connectivity index (χ0n) is 19.2. The first-order chi connectivity index (χ1) is 13.6. The van der Waals surface area contributed by atoms with E-state index in [9.17, 15) is 5.11 Å². The third-order valence-corrected chi connectivity index (χ3v) is 12.7. The van der Waals surface area contributed by atoms with Crippen LogP contribution in [0.3, 0.4) is 0 Å². The standard InChI is InChI=1S/C25H41NO2Si/c1-24(2,3)29(4,5)28-23-8-6-7-20(15-23)25-13-14-26(17-19-9-10-19)18-21(25)11-12-22(27)16-25/h6-8,15,19,21-22,27H,9-14,16-18H2,1-5H3/t21-,22-,25+/m1/s1. The van der Waals surface area contributed by atoms with Gasteiger partial charge in [0.2, 0.25) is 8.32 Å². The summed E-state index contributed by atoms with van der Waals surface area (Å²) < 4.78 is 6.65. The zero-order chi connectivity index (χ0) is 20.9. The Bertz CT molecular complexity index is 724. The first-order valence-corrected chi connectivity index (χ1v) is 14.7. The molecule has 1 aromatic rings. The SMILES string of the molecule is CC(C)(C)[Si](C)(C)Oc1cccc([C@@]23CCN(CC4CC4)C[C@H]2CC[C@@H](O)C3)c1. The van der Waals surface area contributed by atoms with Crippen molar-refractivity contribution < 1.29 is 9.53 Å². The summed E-state index contributed by atoms with van der Waals surface area (Å²) in [6.45, 7) is 15.2. The van der Waals surface area contributed by atoms with Gasteiger partial charge in [-0.1, -0.05) is 32.9 Å². The summed E-state index contributed by atoms with van der Waals surface area (Å²) in [5, 5.41) is 10.8. The molecule has 1 heterocycles. The first-order valence-electron chi connectivity index (χ1n) is 11.8. The van der Waals surface area contributed by atoms with Crippen LogP contribution < -0.4 is 4.43 Å². The summed E-state index contributed by atoms with van der Waals surface area (Å²) in [7, 11) is -1.86. The fourth-order valence-electron chi connectivity index (χ4n) is 5.34. The quantitative estimate of drug-likeness (QED) is 0.637. The Labute approximate surface area is 179 Å². The Morgan fingerprint density at radius 1 is 1.17 bits per heavy atom. The van der Waals surface area contributed by atoms with Gasteiger partial charge in [0, 0.05) is 18.5 Å². The zero-order valence-corrected chi connectivity index (χ0v) is 20.2. The van der Waals surface area contributed by atoms with Crippen LogP contribution in [0.4, 0.5) is 0 Å². The van der Waals surface area contributed by atoms with E-state index in [1.165, 1.54) is 44.5 Å². The van der Waals surface area contributed by atoms with Crippen molar-refractivity contribution in [3.05, 3.63) is 29.8 Å². The van der Waals surface area contributed by atoms with Crippen LogP contribution >= 0.6 is 0 Å². The Kier molecular flexibility index (Phi) is 5.67. The molecular weight excluding hydrogens is 374 g/mol. The second-order valence-electron chi connectivity index (χ2n) is 11.6. The normalized spacial score (nSPS) is 31.4. The summed E-state index contributed by atoms with van der Waals surface area (Å²) in [5.41, 5.74) is 1.52. The summed E-state index contributed by atoms with van der Waals surface area (Å²) in [6, 6.07) is 8.94. The van der Waals surface area contributed by atoms with Gasteiger partial charge in [0.05, 0.1) is 6.10 Å². The molecule has 1 saturated heterocycles. The van der Waals surface area contributed by atoms with Crippen LogP contribution in [0.5, 0.6) is 5.75 Å². The third kappa shape index (κ3) is 4.45. The molecule has 4 rings (SSSR count). The molecule has 0 bridgehead atoms. The van der Waals surface area contributed by atoms with E-state index in [1.54, 1.807) is 0 Å². The molecule has 2 saturated carbocycles. The van der Waals surface area contributed by atoms with E-state index < -0.39 is 8.32 Å². The highest BCUT2D eigenvalue weighted by Crippen LogP contribution is 2.50. The van der Waals surface area contributed by atoms with E-state index in [-0.39, 0.29) is 16.6 Å². The van der Waals surface area contributed by atoms with Crippen molar-refractivity contribution >= 4 is 8.32 Å². The fraction of sp³-hybridized carbons (Fsp3) is 0.760. The van der Waals surface area contributed by atoms with Crippen LogP contribution in [0.2, 0.25) is 18.1 Å². The van der Waals surface area contributed by atoms with Crippen molar-refractivity contribution in [3.63, 3.8) is 0 Å². The number of hydrogen-bond donors (Lipinski definition) is 1. The van der Waals surface area contributed by atoms with Crippen LogP contribution in [0, 0.1) is 11.8 Å². The first kappa shape index (κ1) is 21.4. The number of benzene rings is 1. The van der Waals surface area contributed by atoms with Crippen molar-refractivity contribution in [2.45, 2.75) is 88.9 Å². The van der Waals surface area contributed by atoms with Crippen molar-refractivity contribution in [1.82, 2.24) is 4.90 Å². The van der Waals surface area contributed by atoms with Crippen molar-refractivity contribution in [3.8, 4) is 5.75 Å². The van der Waals surface area contributed by atoms with Crippen molar-refractivity contribution in [2.75, 3.05) is 19.6 Å². The number of fused-ring (bicyclic) bond motifs is 1. The lowest BCUT2D eigenvalue weighted by molar-refractivity contribution is -0.00473. The van der Waals surface area contributed by atoms with Gasteiger partial charge in [0.1, 0.15) is 5.75 Å². The molecule has 29 heavy (non-hydrogen) atoms. The third-order valence-electron chi connectivity index (χ3n) is 8.38. The van der Waals surface area contributed by atoms with E-state index >= 15 is 0 Å². The highest BCUT2D eigenvalue weighted by atomic mass is 28.4. The van der Waals surface area contributed by atoms with Gasteiger partial charge < -0.3 is 14.4 Å². The Hall–Kier alpha value is -0.843. The molecule has 162 valence electrons. The average Bonchev–Trinajstić information content (AvgIpc) is 3.45. The maximum absolute atomic E-state index is 10.6. The molecule has 3 fully saturated rings. The van der Waals surface area contributed by atoms with Crippen molar-refractivity contribution in [2.24, 2.45) is 11.8 Å². The maximum Gasteiger partial charge on any atom is 0.250 e. The van der Waals surface area contributed by atoms with Gasteiger partial charge in [-0.25, -0.2) is 0 Å². The molecule has 1 N–H and O–H groups in total. The number of rotatable bonds is 5. The van der Waals surface area contributed by atoms with Gasteiger partial charge in [0.25, 0.3) is 0 Å². The molecule has 0 radical (unpaired) electrons. The molecular formula is C25H41NO2Si. The molecule has 1 aromatic carbocycles. The molecule has 3 aliphatic rings. The molecule has 1 aliphatic heterocycles. The van der Waals surface area contributed by atoms with Gasteiger partial charge in [-0.15, -0.1) is 0 Å². The summed E-state index contributed by atoms with van der Waals surface area (Å²) in [6.07, 6.45) is 6.89. The van der Waals surface area contributed by atoms with Crippen LogP contribution in [-0.2, 0) is 5.41 Å². The Balaban J connectivity index is 1.59. The average molecular weight is 416 g/mol. The highest BCUT2D eigenvalue weighted by Gasteiger charge is 2.48. The second kappa shape index (κ2) is 7.69. The smallest absolute Gasteiger partial charge is 0.250 e. The Morgan fingerprint density at radius 3 is 2.62 bits per heavy atom. The lowest BCUT2D eigenvalue weighted by Crippen LogP contribution is -2.54. The van der Waals surface area contributed by atoms with Crippen LogP contribution in [0.15, 0.2) is 24.3 Å². The molecule has 2 aliphatic carbocycles. The number of piperidine rings is 1. The molecule has 3 atom stereocenters. The van der Waals surface area contributed by atoms with E-state index in [4.69, 9.17) is 4.43 Å². The van der Waals surface area contributed by atoms with Gasteiger partial charge in [-0.05, 0) is 92.7 Å². The lowest BCUT2D eigenvalue weighted by atomic mass is 9.58. The maximum atomic E-state index is 10.6. The van der Waals surface area contributed by atoms with Crippen molar-refractivity contribution in [1.29, 1.82) is 0 Å². The van der Waals surface area contributed by atoms with E-state index in [2.05, 4.69) is 63.0 Å². The van der Waals surface area contributed by atoms with Gasteiger partial charge in [-0.3, -0.25) is 0 Å². The molecule has 3 nitrogen and oxygen atoms in total. The summed E-state index contributed by atoms with van der Waals surface area (Å²) >= 11 is 0. The molecule has 0 spiro atoms.